The van der Waals surface area contributed by atoms with Crippen molar-refractivity contribution in [2.45, 2.75) is 31.4 Å². The van der Waals surface area contributed by atoms with Crippen molar-refractivity contribution in [3.05, 3.63) is 148 Å². The minimum absolute atomic E-state index is 0.0395. The van der Waals surface area contributed by atoms with Crippen molar-refractivity contribution >= 4 is 10.8 Å². The van der Waals surface area contributed by atoms with Crippen LogP contribution in [0.5, 0.6) is 0 Å². The van der Waals surface area contributed by atoms with Gasteiger partial charge in [0.05, 0.1) is 23.7 Å². The Morgan fingerprint density at radius 1 is 0.780 bits per heavy atom. The first-order chi connectivity index (χ1) is 20.2. The molecule has 0 N–H and O–H groups in total. The van der Waals surface area contributed by atoms with E-state index in [1.54, 1.807) is 16.8 Å². The maximum absolute atomic E-state index is 13.5. The number of hydrogen-bond acceptors (Lipinski definition) is 4. The van der Waals surface area contributed by atoms with Gasteiger partial charge in [-0.15, -0.1) is 0 Å². The number of piperidine rings is 1. The number of aromatic nitrogens is 2. The van der Waals surface area contributed by atoms with E-state index in [0.717, 1.165) is 60.2 Å². The third-order valence-corrected chi connectivity index (χ3v) is 7.99. The lowest BCUT2D eigenvalue weighted by molar-refractivity contribution is 0.0512. The van der Waals surface area contributed by atoms with Crippen LogP contribution in [-0.4, -0.2) is 40.9 Å². The fourth-order valence-corrected chi connectivity index (χ4v) is 5.78. The largest absolute Gasteiger partial charge is 0.367 e. The SMILES string of the molecule is O=c1c2ccccc2c(Cc2ccc(F)cc2)nn1C1CCN(CCOC(c2ccccc2)c2ccccc2)CC1. The monoisotopic (exact) mass is 547 g/mol. The van der Waals surface area contributed by atoms with Gasteiger partial charge in [-0.25, -0.2) is 9.07 Å². The maximum Gasteiger partial charge on any atom is 0.274 e. The summed E-state index contributed by atoms with van der Waals surface area (Å²) in [4.78, 5) is 15.9. The summed E-state index contributed by atoms with van der Waals surface area (Å²) in [5.74, 6) is -0.260. The summed E-state index contributed by atoms with van der Waals surface area (Å²) in [7, 11) is 0. The quantitative estimate of drug-likeness (QED) is 0.209. The van der Waals surface area contributed by atoms with Gasteiger partial charge < -0.3 is 9.64 Å². The summed E-state index contributed by atoms with van der Waals surface area (Å²) < 4.78 is 21.6. The lowest BCUT2D eigenvalue weighted by atomic mass is 10.0. The summed E-state index contributed by atoms with van der Waals surface area (Å²) in [6.07, 6.45) is 2.14. The Hall–Kier alpha value is -4.13. The second-order valence-corrected chi connectivity index (χ2v) is 10.7. The predicted octanol–water partition coefficient (Wildman–Crippen LogP) is 6.57. The molecule has 1 aromatic heterocycles. The van der Waals surface area contributed by atoms with Crippen molar-refractivity contribution < 1.29 is 9.13 Å². The molecule has 5 aromatic rings. The molecule has 5 nitrogen and oxygen atoms in total. The Labute approximate surface area is 239 Å². The maximum atomic E-state index is 13.5. The van der Waals surface area contributed by atoms with Gasteiger partial charge in [0.25, 0.3) is 5.56 Å². The molecule has 0 bridgehead atoms. The Morgan fingerprint density at radius 2 is 1.37 bits per heavy atom. The van der Waals surface area contributed by atoms with E-state index in [-0.39, 0.29) is 23.5 Å². The second-order valence-electron chi connectivity index (χ2n) is 10.7. The predicted molar refractivity (Wildman–Crippen MR) is 161 cm³/mol. The van der Waals surface area contributed by atoms with E-state index in [1.165, 1.54) is 12.1 Å². The summed E-state index contributed by atoms with van der Waals surface area (Å²) >= 11 is 0. The van der Waals surface area contributed by atoms with Crippen molar-refractivity contribution in [2.75, 3.05) is 26.2 Å². The first-order valence-electron chi connectivity index (χ1n) is 14.3. The summed E-state index contributed by atoms with van der Waals surface area (Å²) in [5, 5.41) is 6.43. The second kappa shape index (κ2) is 12.6. The summed E-state index contributed by atoms with van der Waals surface area (Å²) in [5.41, 5.74) is 4.06. The Kier molecular flexibility index (Phi) is 8.31. The topological polar surface area (TPSA) is 47.4 Å². The smallest absolute Gasteiger partial charge is 0.274 e. The van der Waals surface area contributed by atoms with Gasteiger partial charge in [-0.2, -0.15) is 5.10 Å². The molecule has 0 unspecified atom stereocenters. The zero-order valence-electron chi connectivity index (χ0n) is 23.0. The van der Waals surface area contributed by atoms with E-state index in [9.17, 15) is 9.18 Å². The molecule has 0 radical (unpaired) electrons. The highest BCUT2D eigenvalue weighted by Gasteiger charge is 2.24. The molecule has 0 amide bonds. The van der Waals surface area contributed by atoms with Gasteiger partial charge in [0.1, 0.15) is 11.9 Å². The third-order valence-electron chi connectivity index (χ3n) is 7.99. The van der Waals surface area contributed by atoms with E-state index in [2.05, 4.69) is 29.2 Å². The molecule has 0 atom stereocenters. The fraction of sp³-hybridized carbons (Fsp3) is 0.257. The van der Waals surface area contributed by atoms with Crippen molar-refractivity contribution in [3.8, 4) is 0 Å². The Morgan fingerprint density at radius 3 is 2.00 bits per heavy atom. The standard InChI is InChI=1S/C35H34FN3O2/c36-29-17-15-26(16-18-29)25-33-31-13-7-8-14-32(31)35(40)39(37-33)30-19-21-38(22-20-30)23-24-41-34(27-9-3-1-4-10-27)28-11-5-2-6-12-28/h1-18,30,34H,19-25H2. The molecule has 208 valence electrons. The van der Waals surface area contributed by atoms with Gasteiger partial charge in [-0.1, -0.05) is 91.0 Å². The zero-order chi connectivity index (χ0) is 28.0. The van der Waals surface area contributed by atoms with Gasteiger partial charge in [0, 0.05) is 31.4 Å². The number of benzene rings is 4. The van der Waals surface area contributed by atoms with Crippen LogP contribution in [0.15, 0.2) is 114 Å². The molecule has 1 aliphatic rings. The molecular formula is C35H34FN3O2. The zero-order valence-corrected chi connectivity index (χ0v) is 23.0. The molecule has 1 saturated heterocycles. The van der Waals surface area contributed by atoms with Gasteiger partial charge in [0.15, 0.2) is 0 Å². The Balaban J connectivity index is 1.12. The molecule has 0 spiro atoms. The molecule has 0 saturated carbocycles. The van der Waals surface area contributed by atoms with Gasteiger partial charge >= 0.3 is 0 Å². The summed E-state index contributed by atoms with van der Waals surface area (Å²) in [6, 6.07) is 34.9. The highest BCUT2D eigenvalue weighted by Crippen LogP contribution is 2.27. The van der Waals surface area contributed by atoms with Crippen molar-refractivity contribution in [2.24, 2.45) is 0 Å². The molecule has 1 fully saturated rings. The van der Waals surface area contributed by atoms with E-state index >= 15 is 0 Å². The highest BCUT2D eigenvalue weighted by atomic mass is 19.1. The van der Waals surface area contributed by atoms with Crippen LogP contribution in [0.1, 0.15) is 47.4 Å². The lowest BCUT2D eigenvalue weighted by Gasteiger charge is -2.33. The van der Waals surface area contributed by atoms with Crippen LogP contribution in [0.2, 0.25) is 0 Å². The molecule has 1 aliphatic heterocycles. The molecule has 2 heterocycles. The van der Waals surface area contributed by atoms with E-state index in [4.69, 9.17) is 9.84 Å². The molecule has 41 heavy (non-hydrogen) atoms. The van der Waals surface area contributed by atoms with Crippen LogP contribution in [-0.2, 0) is 11.2 Å². The van der Waals surface area contributed by atoms with E-state index < -0.39 is 0 Å². The normalized spacial score (nSPS) is 14.6. The van der Waals surface area contributed by atoms with Crippen LogP contribution in [0, 0.1) is 5.82 Å². The lowest BCUT2D eigenvalue weighted by Crippen LogP contribution is -2.40. The average Bonchev–Trinajstić information content (AvgIpc) is 3.03. The average molecular weight is 548 g/mol. The molecule has 6 heteroatoms. The number of rotatable bonds is 9. The molecule has 4 aromatic carbocycles. The molecular weight excluding hydrogens is 513 g/mol. The van der Waals surface area contributed by atoms with Crippen molar-refractivity contribution in [3.63, 3.8) is 0 Å². The number of hydrogen-bond donors (Lipinski definition) is 0. The first-order valence-corrected chi connectivity index (χ1v) is 14.3. The van der Waals surface area contributed by atoms with Crippen LogP contribution in [0.3, 0.4) is 0 Å². The third kappa shape index (κ3) is 6.29. The summed E-state index contributed by atoms with van der Waals surface area (Å²) in [6.45, 7) is 3.21. The van der Waals surface area contributed by atoms with Gasteiger partial charge in [-0.3, -0.25) is 4.79 Å². The molecule has 6 rings (SSSR count). The van der Waals surface area contributed by atoms with Crippen molar-refractivity contribution in [1.82, 2.24) is 14.7 Å². The molecule has 0 aliphatic carbocycles. The number of nitrogens with zero attached hydrogens (tertiary/aromatic N) is 3. The minimum Gasteiger partial charge on any atom is -0.367 e. The van der Waals surface area contributed by atoms with Crippen LogP contribution >= 0.6 is 0 Å². The van der Waals surface area contributed by atoms with E-state index in [1.807, 2.05) is 60.7 Å². The van der Waals surface area contributed by atoms with Gasteiger partial charge in [0.2, 0.25) is 0 Å². The highest BCUT2D eigenvalue weighted by molar-refractivity contribution is 5.83. The number of halogens is 1. The Bertz CT molecular complexity index is 1590. The minimum atomic E-state index is -0.260. The number of ether oxygens (including phenoxy) is 1. The number of fused-ring (bicyclic) bond motifs is 1. The van der Waals surface area contributed by atoms with Crippen LogP contribution in [0.4, 0.5) is 4.39 Å². The van der Waals surface area contributed by atoms with Crippen LogP contribution in [0.25, 0.3) is 10.8 Å². The van der Waals surface area contributed by atoms with Crippen LogP contribution < -0.4 is 5.56 Å². The van der Waals surface area contributed by atoms with Crippen molar-refractivity contribution in [1.29, 1.82) is 0 Å². The number of likely N-dealkylation sites (tertiary alicyclic amines) is 1. The van der Waals surface area contributed by atoms with Gasteiger partial charge in [-0.05, 0) is 47.7 Å². The first kappa shape index (κ1) is 27.1. The van der Waals surface area contributed by atoms with E-state index in [0.29, 0.717) is 18.4 Å². The fourth-order valence-electron chi connectivity index (χ4n) is 5.78.